The van der Waals surface area contributed by atoms with Gasteiger partial charge in [0.1, 0.15) is 6.33 Å². The minimum absolute atomic E-state index is 0.107. The standard InChI is InChI=1S/C19H23N7O5/c1-2-31-19(28)25-10-8-24(9-11-25)18-16(26(29)30)17(20-13-21-18)23-22-15(27)12-14-6-4-3-5-7-14/h3-7,13H,2,8-12H2,1H3,(H,22,27)(H,20,21,23). The third kappa shape index (κ3) is 5.56. The molecule has 0 unspecified atom stereocenters. The number of carbonyl (C=O) groups is 2. The summed E-state index contributed by atoms with van der Waals surface area (Å²) in [7, 11) is 0. The second-order valence-corrected chi connectivity index (χ2v) is 6.66. The van der Waals surface area contributed by atoms with Crippen molar-refractivity contribution in [2.24, 2.45) is 0 Å². The fourth-order valence-electron chi connectivity index (χ4n) is 3.13. The molecule has 0 radical (unpaired) electrons. The molecule has 0 saturated carbocycles. The van der Waals surface area contributed by atoms with Crippen molar-refractivity contribution in [3.63, 3.8) is 0 Å². The molecule has 1 aliphatic heterocycles. The van der Waals surface area contributed by atoms with E-state index in [9.17, 15) is 19.7 Å². The van der Waals surface area contributed by atoms with Crippen LogP contribution >= 0.6 is 0 Å². The van der Waals surface area contributed by atoms with Gasteiger partial charge in [-0.2, -0.15) is 0 Å². The van der Waals surface area contributed by atoms with E-state index in [1.807, 2.05) is 18.2 Å². The lowest BCUT2D eigenvalue weighted by molar-refractivity contribution is -0.383. The van der Waals surface area contributed by atoms with Crippen LogP contribution in [0.4, 0.5) is 22.1 Å². The SMILES string of the molecule is CCOC(=O)N1CCN(c2ncnc(NNC(=O)Cc3ccccc3)c2[N+](=O)[O-])CC1. The number of piperazine rings is 1. The summed E-state index contributed by atoms with van der Waals surface area (Å²) in [4.78, 5) is 46.4. The van der Waals surface area contributed by atoms with E-state index >= 15 is 0 Å². The van der Waals surface area contributed by atoms with Gasteiger partial charge in [0.15, 0.2) is 0 Å². The third-order valence-electron chi connectivity index (χ3n) is 4.62. The summed E-state index contributed by atoms with van der Waals surface area (Å²) in [6.45, 7) is 3.38. The molecule has 164 valence electrons. The molecule has 2 N–H and O–H groups in total. The number of aromatic nitrogens is 2. The highest BCUT2D eigenvalue weighted by Crippen LogP contribution is 2.31. The molecule has 2 aromatic rings. The molecule has 12 heteroatoms. The van der Waals surface area contributed by atoms with Gasteiger partial charge in [0, 0.05) is 26.2 Å². The molecule has 2 amide bonds. The second kappa shape index (κ2) is 10.2. The van der Waals surface area contributed by atoms with Crippen LogP contribution in [0.5, 0.6) is 0 Å². The van der Waals surface area contributed by atoms with E-state index in [0.29, 0.717) is 26.2 Å². The molecule has 2 heterocycles. The summed E-state index contributed by atoms with van der Waals surface area (Å²) < 4.78 is 4.98. The summed E-state index contributed by atoms with van der Waals surface area (Å²) in [6, 6.07) is 9.10. The maximum Gasteiger partial charge on any atom is 0.409 e. The van der Waals surface area contributed by atoms with Crippen LogP contribution in [0.2, 0.25) is 0 Å². The maximum atomic E-state index is 12.2. The summed E-state index contributed by atoms with van der Waals surface area (Å²) in [5, 5.41) is 11.7. The van der Waals surface area contributed by atoms with Crippen molar-refractivity contribution >= 4 is 29.3 Å². The molecule has 0 aliphatic carbocycles. The average Bonchev–Trinajstić information content (AvgIpc) is 2.78. The number of rotatable bonds is 7. The van der Waals surface area contributed by atoms with Gasteiger partial charge in [-0.25, -0.2) is 14.8 Å². The smallest absolute Gasteiger partial charge is 0.409 e. The Balaban J connectivity index is 1.68. The Hall–Kier alpha value is -3.96. The van der Waals surface area contributed by atoms with Crippen LogP contribution in [-0.2, 0) is 16.0 Å². The first-order valence-corrected chi connectivity index (χ1v) is 9.74. The number of nitrogens with one attached hydrogen (secondary N) is 2. The first-order valence-electron chi connectivity index (χ1n) is 9.74. The van der Waals surface area contributed by atoms with Crippen LogP contribution in [-0.4, -0.2) is 64.6 Å². The van der Waals surface area contributed by atoms with Crippen molar-refractivity contribution in [3.05, 3.63) is 52.3 Å². The van der Waals surface area contributed by atoms with Gasteiger partial charge in [-0.15, -0.1) is 0 Å². The number of carbonyl (C=O) groups excluding carboxylic acids is 2. The van der Waals surface area contributed by atoms with Crippen molar-refractivity contribution in [3.8, 4) is 0 Å². The van der Waals surface area contributed by atoms with Gasteiger partial charge in [-0.3, -0.25) is 25.8 Å². The van der Waals surface area contributed by atoms with Crippen LogP contribution < -0.4 is 15.8 Å². The molecule has 0 bridgehead atoms. The quantitative estimate of drug-likeness (QED) is 0.492. The Morgan fingerprint density at radius 3 is 2.52 bits per heavy atom. The number of amides is 2. The van der Waals surface area contributed by atoms with Crippen molar-refractivity contribution in [1.82, 2.24) is 20.3 Å². The zero-order chi connectivity index (χ0) is 22.2. The fraction of sp³-hybridized carbons (Fsp3) is 0.368. The van der Waals surface area contributed by atoms with E-state index in [2.05, 4.69) is 20.8 Å². The minimum Gasteiger partial charge on any atom is -0.450 e. The van der Waals surface area contributed by atoms with Gasteiger partial charge in [-0.1, -0.05) is 30.3 Å². The van der Waals surface area contributed by atoms with Crippen LogP contribution in [0.15, 0.2) is 36.7 Å². The zero-order valence-corrected chi connectivity index (χ0v) is 17.0. The minimum atomic E-state index is -0.598. The molecule has 12 nitrogen and oxygen atoms in total. The largest absolute Gasteiger partial charge is 0.450 e. The number of hydrogen-bond donors (Lipinski definition) is 2. The van der Waals surface area contributed by atoms with E-state index in [1.54, 1.807) is 24.0 Å². The third-order valence-corrected chi connectivity index (χ3v) is 4.62. The summed E-state index contributed by atoms with van der Waals surface area (Å²) in [5.74, 6) is -0.378. The summed E-state index contributed by atoms with van der Waals surface area (Å²) in [5.41, 5.74) is 5.42. The molecule has 1 fully saturated rings. The van der Waals surface area contributed by atoms with Crippen molar-refractivity contribution < 1.29 is 19.2 Å². The number of nitrogens with zero attached hydrogens (tertiary/aromatic N) is 5. The van der Waals surface area contributed by atoms with Crippen molar-refractivity contribution in [2.75, 3.05) is 43.1 Å². The average molecular weight is 429 g/mol. The number of nitro groups is 1. The maximum absolute atomic E-state index is 12.2. The van der Waals surface area contributed by atoms with E-state index in [1.165, 1.54) is 11.2 Å². The zero-order valence-electron chi connectivity index (χ0n) is 17.0. The number of benzene rings is 1. The van der Waals surface area contributed by atoms with Gasteiger partial charge in [0.05, 0.1) is 18.0 Å². The number of anilines is 2. The lowest BCUT2D eigenvalue weighted by atomic mass is 10.1. The number of hydrogen-bond acceptors (Lipinski definition) is 9. The van der Waals surface area contributed by atoms with E-state index in [4.69, 9.17) is 4.74 Å². The topological polar surface area (TPSA) is 143 Å². The Kier molecular flexibility index (Phi) is 7.14. The van der Waals surface area contributed by atoms with E-state index in [-0.39, 0.29) is 36.3 Å². The first-order chi connectivity index (χ1) is 15.0. The Bertz CT molecular complexity index is 932. The molecular weight excluding hydrogens is 406 g/mol. The molecule has 1 aromatic carbocycles. The van der Waals surface area contributed by atoms with Crippen LogP contribution in [0.1, 0.15) is 12.5 Å². The molecule has 0 atom stereocenters. The fourth-order valence-corrected chi connectivity index (χ4v) is 3.13. The lowest BCUT2D eigenvalue weighted by Gasteiger charge is -2.34. The first kappa shape index (κ1) is 21.7. The van der Waals surface area contributed by atoms with Gasteiger partial charge in [-0.05, 0) is 12.5 Å². The molecule has 1 aliphatic rings. The highest BCUT2D eigenvalue weighted by atomic mass is 16.6. The molecule has 0 spiro atoms. The van der Waals surface area contributed by atoms with Crippen LogP contribution in [0, 0.1) is 10.1 Å². The van der Waals surface area contributed by atoms with Gasteiger partial charge in [0.25, 0.3) is 0 Å². The Morgan fingerprint density at radius 1 is 1.16 bits per heavy atom. The van der Waals surface area contributed by atoms with Crippen molar-refractivity contribution in [1.29, 1.82) is 0 Å². The predicted molar refractivity (Wildman–Crippen MR) is 111 cm³/mol. The van der Waals surface area contributed by atoms with E-state index in [0.717, 1.165) is 5.56 Å². The molecule has 31 heavy (non-hydrogen) atoms. The Labute approximate surface area is 178 Å². The molecule has 1 aromatic heterocycles. The normalized spacial score (nSPS) is 13.5. The van der Waals surface area contributed by atoms with Gasteiger partial charge in [0.2, 0.25) is 17.5 Å². The van der Waals surface area contributed by atoms with Gasteiger partial charge < -0.3 is 14.5 Å². The summed E-state index contributed by atoms with van der Waals surface area (Å²) >= 11 is 0. The monoisotopic (exact) mass is 429 g/mol. The highest BCUT2D eigenvalue weighted by Gasteiger charge is 2.30. The lowest BCUT2D eigenvalue weighted by Crippen LogP contribution is -2.49. The Morgan fingerprint density at radius 2 is 1.87 bits per heavy atom. The number of ether oxygens (including phenoxy) is 1. The van der Waals surface area contributed by atoms with Crippen LogP contribution in [0.25, 0.3) is 0 Å². The van der Waals surface area contributed by atoms with Crippen LogP contribution in [0.3, 0.4) is 0 Å². The highest BCUT2D eigenvalue weighted by molar-refractivity contribution is 5.81. The molecular formula is C19H23N7O5. The van der Waals surface area contributed by atoms with Gasteiger partial charge >= 0.3 is 11.8 Å². The summed E-state index contributed by atoms with van der Waals surface area (Å²) in [6.07, 6.45) is 0.879. The predicted octanol–water partition coefficient (Wildman–Crippen LogP) is 1.35. The van der Waals surface area contributed by atoms with Crippen molar-refractivity contribution in [2.45, 2.75) is 13.3 Å². The second-order valence-electron chi connectivity index (χ2n) is 6.66. The van der Waals surface area contributed by atoms with E-state index < -0.39 is 11.0 Å². The number of hydrazine groups is 1. The molecule has 1 saturated heterocycles. The molecule has 3 rings (SSSR count).